The maximum absolute atomic E-state index is 7.36. The lowest BCUT2D eigenvalue weighted by molar-refractivity contribution is -0.0376. The summed E-state index contributed by atoms with van der Waals surface area (Å²) in [5, 5.41) is 7.36. The molecule has 4 heteroatoms. The molecular formula is C14H22N2O2. The van der Waals surface area contributed by atoms with Crippen molar-refractivity contribution in [2.24, 2.45) is 5.73 Å². The van der Waals surface area contributed by atoms with Gasteiger partial charge in [-0.3, -0.25) is 5.41 Å². The van der Waals surface area contributed by atoms with Gasteiger partial charge in [0.1, 0.15) is 5.84 Å². The van der Waals surface area contributed by atoms with Crippen molar-refractivity contribution in [3.8, 4) is 0 Å². The van der Waals surface area contributed by atoms with Crippen molar-refractivity contribution in [1.29, 1.82) is 5.41 Å². The maximum Gasteiger partial charge on any atom is 0.122 e. The zero-order valence-electron chi connectivity index (χ0n) is 11.3. The normalized spacial score (nSPS) is 11.5. The van der Waals surface area contributed by atoms with Gasteiger partial charge in [-0.15, -0.1) is 0 Å². The van der Waals surface area contributed by atoms with Crippen LogP contribution in [-0.2, 0) is 16.1 Å². The number of hydrogen-bond donors (Lipinski definition) is 2. The molecule has 0 aliphatic heterocycles. The van der Waals surface area contributed by atoms with Gasteiger partial charge in [-0.1, -0.05) is 18.2 Å². The minimum Gasteiger partial charge on any atom is -0.384 e. The highest BCUT2D eigenvalue weighted by Gasteiger charge is 2.08. The van der Waals surface area contributed by atoms with E-state index in [1.165, 1.54) is 0 Å². The van der Waals surface area contributed by atoms with Crippen molar-refractivity contribution in [1.82, 2.24) is 0 Å². The molecule has 0 radical (unpaired) electrons. The van der Waals surface area contributed by atoms with Crippen molar-refractivity contribution < 1.29 is 9.47 Å². The molecule has 0 aliphatic rings. The first kappa shape index (κ1) is 14.7. The van der Waals surface area contributed by atoms with E-state index < -0.39 is 0 Å². The SMILES string of the molecule is CC(C)(C)OCCOCc1cccc(C(=N)N)c1. The van der Waals surface area contributed by atoms with Crippen LogP contribution in [0.5, 0.6) is 0 Å². The van der Waals surface area contributed by atoms with Crippen LogP contribution >= 0.6 is 0 Å². The first-order valence-electron chi connectivity index (χ1n) is 6.03. The molecular weight excluding hydrogens is 228 g/mol. The summed E-state index contributed by atoms with van der Waals surface area (Å²) in [7, 11) is 0. The Morgan fingerprint density at radius 1 is 1.28 bits per heavy atom. The van der Waals surface area contributed by atoms with E-state index in [9.17, 15) is 0 Å². The van der Waals surface area contributed by atoms with Crippen LogP contribution in [0.25, 0.3) is 0 Å². The molecule has 0 unspecified atom stereocenters. The van der Waals surface area contributed by atoms with Gasteiger partial charge in [-0.2, -0.15) is 0 Å². The van der Waals surface area contributed by atoms with Crippen LogP contribution in [-0.4, -0.2) is 24.7 Å². The third-order valence-electron chi connectivity index (χ3n) is 2.27. The number of nitrogens with one attached hydrogen (secondary N) is 1. The third-order valence-corrected chi connectivity index (χ3v) is 2.27. The summed E-state index contributed by atoms with van der Waals surface area (Å²) in [6, 6.07) is 7.51. The van der Waals surface area contributed by atoms with E-state index in [1.807, 2.05) is 45.0 Å². The van der Waals surface area contributed by atoms with Gasteiger partial charge >= 0.3 is 0 Å². The van der Waals surface area contributed by atoms with Gasteiger partial charge in [0.2, 0.25) is 0 Å². The molecule has 1 aromatic rings. The van der Waals surface area contributed by atoms with Gasteiger partial charge in [-0.05, 0) is 32.4 Å². The summed E-state index contributed by atoms with van der Waals surface area (Å²) in [6.07, 6.45) is 0. The Morgan fingerprint density at radius 2 is 2.00 bits per heavy atom. The fourth-order valence-electron chi connectivity index (χ4n) is 1.43. The zero-order chi connectivity index (χ0) is 13.6. The number of nitrogens with two attached hydrogens (primary N) is 1. The Kier molecular flexibility index (Phi) is 5.31. The molecule has 0 bridgehead atoms. The van der Waals surface area contributed by atoms with Crippen LogP contribution in [0.1, 0.15) is 31.9 Å². The highest BCUT2D eigenvalue weighted by atomic mass is 16.5. The van der Waals surface area contributed by atoms with E-state index >= 15 is 0 Å². The first-order chi connectivity index (χ1) is 8.38. The van der Waals surface area contributed by atoms with Crippen LogP contribution in [0.15, 0.2) is 24.3 Å². The lowest BCUT2D eigenvalue weighted by Gasteiger charge is -2.19. The lowest BCUT2D eigenvalue weighted by Crippen LogP contribution is -2.21. The van der Waals surface area contributed by atoms with Gasteiger partial charge in [0.05, 0.1) is 25.4 Å². The molecule has 0 aliphatic carbocycles. The average Bonchev–Trinajstić information content (AvgIpc) is 2.27. The molecule has 0 aromatic heterocycles. The van der Waals surface area contributed by atoms with E-state index in [2.05, 4.69) is 0 Å². The molecule has 0 spiro atoms. The lowest BCUT2D eigenvalue weighted by atomic mass is 10.1. The molecule has 0 fully saturated rings. The fourth-order valence-corrected chi connectivity index (χ4v) is 1.43. The van der Waals surface area contributed by atoms with Crippen molar-refractivity contribution in [3.63, 3.8) is 0 Å². The molecule has 0 saturated heterocycles. The molecule has 1 aromatic carbocycles. The Morgan fingerprint density at radius 3 is 2.61 bits per heavy atom. The number of ether oxygens (including phenoxy) is 2. The van der Waals surface area contributed by atoms with Gasteiger partial charge in [0, 0.05) is 5.56 Å². The zero-order valence-corrected chi connectivity index (χ0v) is 11.3. The Hall–Kier alpha value is -1.39. The monoisotopic (exact) mass is 250 g/mol. The molecule has 0 heterocycles. The molecule has 18 heavy (non-hydrogen) atoms. The molecule has 100 valence electrons. The maximum atomic E-state index is 7.36. The molecule has 1 rings (SSSR count). The van der Waals surface area contributed by atoms with Crippen LogP contribution in [0.3, 0.4) is 0 Å². The smallest absolute Gasteiger partial charge is 0.122 e. The number of hydrogen-bond acceptors (Lipinski definition) is 3. The Labute approximate surface area is 109 Å². The van der Waals surface area contributed by atoms with Gasteiger partial charge < -0.3 is 15.2 Å². The largest absolute Gasteiger partial charge is 0.384 e. The minimum atomic E-state index is -0.127. The van der Waals surface area contributed by atoms with Gasteiger partial charge in [0.15, 0.2) is 0 Å². The van der Waals surface area contributed by atoms with Crippen molar-refractivity contribution in [2.45, 2.75) is 33.0 Å². The molecule has 4 nitrogen and oxygen atoms in total. The first-order valence-corrected chi connectivity index (χ1v) is 6.03. The molecule has 3 N–H and O–H groups in total. The van der Waals surface area contributed by atoms with E-state index in [4.69, 9.17) is 20.6 Å². The minimum absolute atomic E-state index is 0.0768. The molecule has 0 atom stereocenters. The molecule has 0 amide bonds. The fraction of sp³-hybridized carbons (Fsp3) is 0.500. The second-order valence-corrected chi connectivity index (χ2v) is 5.13. The Balaban J connectivity index is 2.31. The summed E-state index contributed by atoms with van der Waals surface area (Å²) in [5.74, 6) is 0.0768. The summed E-state index contributed by atoms with van der Waals surface area (Å²) < 4.78 is 11.1. The number of amidine groups is 1. The number of nitrogen functional groups attached to an aromatic ring is 1. The van der Waals surface area contributed by atoms with Crippen LogP contribution in [0.4, 0.5) is 0 Å². The average molecular weight is 250 g/mol. The second kappa shape index (κ2) is 6.52. The van der Waals surface area contributed by atoms with E-state index in [0.717, 1.165) is 11.1 Å². The topological polar surface area (TPSA) is 68.3 Å². The van der Waals surface area contributed by atoms with Crippen molar-refractivity contribution in [3.05, 3.63) is 35.4 Å². The van der Waals surface area contributed by atoms with Crippen LogP contribution in [0, 0.1) is 5.41 Å². The van der Waals surface area contributed by atoms with Crippen molar-refractivity contribution in [2.75, 3.05) is 13.2 Å². The van der Waals surface area contributed by atoms with Crippen LogP contribution in [0.2, 0.25) is 0 Å². The highest BCUT2D eigenvalue weighted by Crippen LogP contribution is 2.08. The predicted molar refractivity (Wildman–Crippen MR) is 72.8 cm³/mol. The highest BCUT2D eigenvalue weighted by molar-refractivity contribution is 5.95. The van der Waals surface area contributed by atoms with E-state index in [-0.39, 0.29) is 11.4 Å². The van der Waals surface area contributed by atoms with Gasteiger partial charge in [-0.25, -0.2) is 0 Å². The standard InChI is InChI=1S/C14H22N2O2/c1-14(2,3)18-8-7-17-10-11-5-4-6-12(9-11)13(15)16/h4-6,9H,7-8,10H2,1-3H3,(H3,15,16). The van der Waals surface area contributed by atoms with Crippen molar-refractivity contribution >= 4 is 5.84 Å². The molecule has 0 saturated carbocycles. The third kappa shape index (κ3) is 5.80. The van der Waals surface area contributed by atoms with E-state index in [1.54, 1.807) is 0 Å². The summed E-state index contributed by atoms with van der Waals surface area (Å²) in [4.78, 5) is 0. The summed E-state index contributed by atoms with van der Waals surface area (Å²) >= 11 is 0. The van der Waals surface area contributed by atoms with Crippen LogP contribution < -0.4 is 5.73 Å². The number of rotatable bonds is 6. The predicted octanol–water partition coefficient (Wildman–Crippen LogP) is 2.30. The van der Waals surface area contributed by atoms with E-state index in [0.29, 0.717) is 19.8 Å². The Bertz CT molecular complexity index is 397. The summed E-state index contributed by atoms with van der Waals surface area (Å²) in [5.41, 5.74) is 7.04. The second-order valence-electron chi connectivity index (χ2n) is 5.13. The van der Waals surface area contributed by atoms with Gasteiger partial charge in [0.25, 0.3) is 0 Å². The quantitative estimate of drug-likeness (QED) is 0.462. The number of benzene rings is 1. The summed E-state index contributed by atoms with van der Waals surface area (Å²) in [6.45, 7) is 7.70.